The van der Waals surface area contributed by atoms with Gasteiger partial charge in [0.15, 0.2) is 0 Å². The minimum absolute atomic E-state index is 0.355. The number of carboxylic acid groups (broad SMARTS) is 1. The molecule has 3 nitrogen and oxygen atoms in total. The molecule has 2 rings (SSSR count). The summed E-state index contributed by atoms with van der Waals surface area (Å²) in [6.45, 7) is 4.48. The van der Waals surface area contributed by atoms with Crippen LogP contribution in [-0.4, -0.2) is 35.1 Å². The Labute approximate surface area is 91.5 Å². The summed E-state index contributed by atoms with van der Waals surface area (Å²) in [6.07, 6.45) is 5.38. The predicted molar refractivity (Wildman–Crippen MR) is 58.7 cm³/mol. The van der Waals surface area contributed by atoms with Gasteiger partial charge in [0.05, 0.1) is 0 Å². The van der Waals surface area contributed by atoms with E-state index in [9.17, 15) is 4.79 Å². The molecular weight excluding hydrogens is 190 g/mol. The molecule has 2 unspecified atom stereocenters. The average Bonchev–Trinajstić information content (AvgIpc) is 2.99. The van der Waals surface area contributed by atoms with Crippen molar-refractivity contribution in [3.8, 4) is 0 Å². The summed E-state index contributed by atoms with van der Waals surface area (Å²) in [4.78, 5) is 13.2. The lowest BCUT2D eigenvalue weighted by Gasteiger charge is -2.36. The number of piperidine rings is 1. The fraction of sp³-hybridized carbons (Fsp3) is 0.917. The van der Waals surface area contributed by atoms with E-state index < -0.39 is 5.97 Å². The van der Waals surface area contributed by atoms with Crippen molar-refractivity contribution in [3.05, 3.63) is 0 Å². The average molecular weight is 211 g/mol. The third kappa shape index (κ3) is 2.94. The maximum Gasteiger partial charge on any atom is 0.303 e. The third-order valence-electron chi connectivity index (χ3n) is 3.89. The molecule has 2 aliphatic rings. The van der Waals surface area contributed by atoms with Gasteiger partial charge >= 0.3 is 5.97 Å². The second-order valence-corrected chi connectivity index (χ2v) is 5.18. The van der Waals surface area contributed by atoms with Crippen LogP contribution in [0.25, 0.3) is 0 Å². The van der Waals surface area contributed by atoms with Crippen LogP contribution in [-0.2, 0) is 4.79 Å². The topological polar surface area (TPSA) is 40.5 Å². The number of rotatable bonds is 4. The Morgan fingerprint density at radius 3 is 2.80 bits per heavy atom. The van der Waals surface area contributed by atoms with Gasteiger partial charge in [-0.15, -0.1) is 0 Å². The number of aliphatic carboxylic acids is 1. The molecule has 0 bridgehead atoms. The van der Waals surface area contributed by atoms with E-state index in [0.717, 1.165) is 18.9 Å². The third-order valence-corrected chi connectivity index (χ3v) is 3.89. The summed E-state index contributed by atoms with van der Waals surface area (Å²) >= 11 is 0. The van der Waals surface area contributed by atoms with Crippen molar-refractivity contribution < 1.29 is 9.90 Å². The number of hydrogen-bond acceptors (Lipinski definition) is 2. The first-order chi connectivity index (χ1) is 7.16. The molecule has 1 heterocycles. The molecule has 1 N–H and O–H groups in total. The molecular formula is C12H21NO2. The van der Waals surface area contributed by atoms with Crippen molar-refractivity contribution in [2.45, 2.75) is 45.1 Å². The van der Waals surface area contributed by atoms with E-state index in [0.29, 0.717) is 18.4 Å². The first kappa shape index (κ1) is 10.9. The van der Waals surface area contributed by atoms with E-state index in [-0.39, 0.29) is 0 Å². The van der Waals surface area contributed by atoms with E-state index >= 15 is 0 Å². The van der Waals surface area contributed by atoms with Gasteiger partial charge in [0.25, 0.3) is 0 Å². The van der Waals surface area contributed by atoms with Crippen LogP contribution in [0.4, 0.5) is 0 Å². The van der Waals surface area contributed by atoms with Crippen molar-refractivity contribution >= 4 is 5.97 Å². The van der Waals surface area contributed by atoms with Gasteiger partial charge in [-0.05, 0) is 51.0 Å². The second kappa shape index (κ2) is 4.52. The molecule has 0 radical (unpaired) electrons. The SMILES string of the molecule is CC(C1CC1)N1CCCC(CC(=O)O)C1. The molecule has 0 aromatic heterocycles. The normalized spacial score (nSPS) is 30.1. The highest BCUT2D eigenvalue weighted by Gasteiger charge is 2.34. The van der Waals surface area contributed by atoms with Gasteiger partial charge in [-0.1, -0.05) is 0 Å². The van der Waals surface area contributed by atoms with Gasteiger partial charge in [0.2, 0.25) is 0 Å². The fourth-order valence-electron chi connectivity index (χ4n) is 2.76. The Bertz CT molecular complexity index is 238. The highest BCUT2D eigenvalue weighted by Crippen LogP contribution is 2.36. The van der Waals surface area contributed by atoms with Crippen molar-refractivity contribution in [2.75, 3.05) is 13.1 Å². The lowest BCUT2D eigenvalue weighted by atomic mass is 9.93. The summed E-state index contributed by atoms with van der Waals surface area (Å²) in [5.41, 5.74) is 0. The van der Waals surface area contributed by atoms with Gasteiger partial charge in [-0.3, -0.25) is 4.79 Å². The molecule has 2 fully saturated rings. The molecule has 0 aromatic rings. The maximum atomic E-state index is 10.7. The van der Waals surface area contributed by atoms with E-state index in [1.54, 1.807) is 0 Å². The predicted octanol–water partition coefficient (Wildman–Crippen LogP) is 1.97. The quantitative estimate of drug-likeness (QED) is 0.773. The minimum Gasteiger partial charge on any atom is -0.481 e. The minimum atomic E-state index is -0.638. The van der Waals surface area contributed by atoms with Crippen LogP contribution >= 0.6 is 0 Å². The first-order valence-electron chi connectivity index (χ1n) is 6.12. The summed E-state index contributed by atoms with van der Waals surface area (Å²) in [5.74, 6) is 0.645. The van der Waals surface area contributed by atoms with Gasteiger partial charge in [-0.2, -0.15) is 0 Å². The molecule has 1 saturated carbocycles. The zero-order valence-corrected chi connectivity index (χ0v) is 9.48. The van der Waals surface area contributed by atoms with Crippen LogP contribution in [0.3, 0.4) is 0 Å². The molecule has 0 spiro atoms. The van der Waals surface area contributed by atoms with Crippen LogP contribution in [0.1, 0.15) is 39.0 Å². The molecule has 0 aromatic carbocycles. The van der Waals surface area contributed by atoms with Crippen LogP contribution in [0, 0.1) is 11.8 Å². The van der Waals surface area contributed by atoms with E-state index in [2.05, 4.69) is 11.8 Å². The standard InChI is InChI=1S/C12H21NO2/c1-9(11-4-5-11)13-6-2-3-10(8-13)7-12(14)15/h9-11H,2-8H2,1H3,(H,14,15). The summed E-state index contributed by atoms with van der Waals surface area (Å²) < 4.78 is 0. The Morgan fingerprint density at radius 2 is 2.20 bits per heavy atom. The Hall–Kier alpha value is -0.570. The Morgan fingerprint density at radius 1 is 1.47 bits per heavy atom. The van der Waals surface area contributed by atoms with E-state index in [1.807, 2.05) is 0 Å². The van der Waals surface area contributed by atoms with E-state index in [1.165, 1.54) is 25.8 Å². The summed E-state index contributed by atoms with van der Waals surface area (Å²) in [7, 11) is 0. The number of likely N-dealkylation sites (tertiary alicyclic amines) is 1. The van der Waals surface area contributed by atoms with Crippen molar-refractivity contribution in [1.29, 1.82) is 0 Å². The number of nitrogens with zero attached hydrogens (tertiary/aromatic N) is 1. The van der Waals surface area contributed by atoms with Crippen molar-refractivity contribution in [3.63, 3.8) is 0 Å². The highest BCUT2D eigenvalue weighted by atomic mass is 16.4. The van der Waals surface area contributed by atoms with Crippen LogP contribution in [0.15, 0.2) is 0 Å². The van der Waals surface area contributed by atoms with Crippen LogP contribution < -0.4 is 0 Å². The van der Waals surface area contributed by atoms with Gasteiger partial charge in [0.1, 0.15) is 0 Å². The summed E-state index contributed by atoms with van der Waals surface area (Å²) in [6, 6.07) is 0.682. The molecule has 1 saturated heterocycles. The Balaban J connectivity index is 1.83. The zero-order valence-electron chi connectivity index (χ0n) is 9.48. The summed E-state index contributed by atoms with van der Waals surface area (Å²) in [5, 5.41) is 8.79. The number of carbonyl (C=O) groups is 1. The first-order valence-corrected chi connectivity index (χ1v) is 6.12. The molecule has 1 aliphatic heterocycles. The molecule has 3 heteroatoms. The molecule has 15 heavy (non-hydrogen) atoms. The monoisotopic (exact) mass is 211 g/mol. The Kier molecular flexibility index (Phi) is 3.29. The number of hydrogen-bond donors (Lipinski definition) is 1. The molecule has 1 aliphatic carbocycles. The fourth-order valence-corrected chi connectivity index (χ4v) is 2.76. The van der Waals surface area contributed by atoms with Gasteiger partial charge in [-0.25, -0.2) is 0 Å². The molecule has 2 atom stereocenters. The highest BCUT2D eigenvalue weighted by molar-refractivity contribution is 5.67. The van der Waals surface area contributed by atoms with Crippen LogP contribution in [0.2, 0.25) is 0 Å². The maximum absolute atomic E-state index is 10.7. The van der Waals surface area contributed by atoms with Gasteiger partial charge in [0, 0.05) is 19.0 Å². The largest absolute Gasteiger partial charge is 0.481 e. The lowest BCUT2D eigenvalue weighted by Crippen LogP contribution is -2.42. The lowest BCUT2D eigenvalue weighted by molar-refractivity contribution is -0.138. The van der Waals surface area contributed by atoms with Gasteiger partial charge < -0.3 is 10.0 Å². The molecule has 86 valence electrons. The van der Waals surface area contributed by atoms with Crippen molar-refractivity contribution in [1.82, 2.24) is 4.90 Å². The van der Waals surface area contributed by atoms with Crippen molar-refractivity contribution in [2.24, 2.45) is 11.8 Å². The second-order valence-electron chi connectivity index (χ2n) is 5.18. The smallest absolute Gasteiger partial charge is 0.303 e. The molecule has 0 amide bonds. The zero-order chi connectivity index (χ0) is 10.8. The number of carboxylic acids is 1. The van der Waals surface area contributed by atoms with Crippen LogP contribution in [0.5, 0.6) is 0 Å². The van der Waals surface area contributed by atoms with E-state index in [4.69, 9.17) is 5.11 Å².